The highest BCUT2D eigenvalue weighted by Crippen LogP contribution is 2.16. The first-order chi connectivity index (χ1) is 10.0. The fraction of sp³-hybridized carbons (Fsp3) is 0.647. The van der Waals surface area contributed by atoms with E-state index in [1.54, 1.807) is 0 Å². The van der Waals surface area contributed by atoms with Crippen molar-refractivity contribution in [1.82, 2.24) is 9.80 Å². The minimum Gasteiger partial charge on any atom is -0.493 e. The molecule has 4 nitrogen and oxygen atoms in total. The van der Waals surface area contributed by atoms with Crippen LogP contribution in [0.25, 0.3) is 0 Å². The number of hydrogen-bond acceptors (Lipinski definition) is 4. The maximum Gasteiger partial charge on any atom is 0.119 e. The van der Waals surface area contributed by atoms with Crippen molar-refractivity contribution in [3.8, 4) is 5.75 Å². The van der Waals surface area contributed by atoms with Crippen LogP contribution in [0.5, 0.6) is 5.75 Å². The second kappa shape index (κ2) is 7.78. The summed E-state index contributed by atoms with van der Waals surface area (Å²) < 4.78 is 5.73. The Morgan fingerprint density at radius 1 is 1.14 bits per heavy atom. The number of β-amino-alcohol motifs (C(OH)–C–C–N with tert-alkyl or cyclic N) is 1. The highest BCUT2D eigenvalue weighted by atomic mass is 16.5. The molecule has 0 radical (unpaired) electrons. The molecule has 4 heteroatoms. The Balaban J connectivity index is 1.66. The van der Waals surface area contributed by atoms with E-state index in [9.17, 15) is 5.11 Å². The molecule has 0 aliphatic carbocycles. The van der Waals surface area contributed by atoms with Gasteiger partial charge in [0, 0.05) is 39.1 Å². The van der Waals surface area contributed by atoms with Crippen molar-refractivity contribution >= 4 is 0 Å². The van der Waals surface area contributed by atoms with E-state index in [0.717, 1.165) is 38.5 Å². The third-order valence-corrected chi connectivity index (χ3v) is 4.26. The number of rotatable bonds is 6. The number of ether oxygens (including phenoxy) is 1. The molecule has 1 aromatic rings. The van der Waals surface area contributed by atoms with Crippen LogP contribution in [0.4, 0.5) is 0 Å². The zero-order valence-corrected chi connectivity index (χ0v) is 13.5. The average Bonchev–Trinajstić information content (AvgIpc) is 2.45. The summed E-state index contributed by atoms with van der Waals surface area (Å²) >= 11 is 0. The summed E-state index contributed by atoms with van der Waals surface area (Å²) in [5.41, 5.74) is 2.52. The van der Waals surface area contributed by atoms with Gasteiger partial charge in [0.15, 0.2) is 0 Å². The predicted octanol–water partition coefficient (Wildman–Crippen LogP) is 1.68. The van der Waals surface area contributed by atoms with Gasteiger partial charge in [-0.3, -0.25) is 4.90 Å². The van der Waals surface area contributed by atoms with Gasteiger partial charge in [0.2, 0.25) is 0 Å². The van der Waals surface area contributed by atoms with Crippen LogP contribution in [0.2, 0.25) is 0 Å². The molecule has 1 aliphatic rings. The minimum atomic E-state index is -0.306. The monoisotopic (exact) mass is 292 g/mol. The van der Waals surface area contributed by atoms with Gasteiger partial charge in [0.05, 0.1) is 12.7 Å². The van der Waals surface area contributed by atoms with Crippen LogP contribution in [-0.4, -0.2) is 67.4 Å². The molecule has 118 valence electrons. The smallest absolute Gasteiger partial charge is 0.119 e. The van der Waals surface area contributed by atoms with Gasteiger partial charge in [-0.2, -0.15) is 0 Å². The summed E-state index contributed by atoms with van der Waals surface area (Å²) in [6, 6.07) is 6.13. The molecule has 1 N–H and O–H groups in total. The molecule has 0 bridgehead atoms. The highest BCUT2D eigenvalue weighted by Gasteiger charge is 2.16. The van der Waals surface area contributed by atoms with Crippen molar-refractivity contribution in [2.75, 3.05) is 46.4 Å². The zero-order chi connectivity index (χ0) is 15.2. The van der Waals surface area contributed by atoms with E-state index in [1.807, 2.05) is 6.07 Å². The van der Waals surface area contributed by atoms with Crippen molar-refractivity contribution in [2.45, 2.75) is 26.4 Å². The fourth-order valence-electron chi connectivity index (χ4n) is 2.54. The summed E-state index contributed by atoms with van der Waals surface area (Å²) in [6.07, 6.45) is 0.374. The molecule has 1 atom stereocenters. The number of aryl methyl sites for hydroxylation is 2. The fourth-order valence-corrected chi connectivity index (χ4v) is 2.54. The Labute approximate surface area is 128 Å². The summed E-state index contributed by atoms with van der Waals surface area (Å²) in [7, 11) is 2.14. The number of piperazine rings is 1. The molecule has 0 spiro atoms. The van der Waals surface area contributed by atoms with Crippen molar-refractivity contribution in [2.24, 2.45) is 0 Å². The van der Waals surface area contributed by atoms with Crippen molar-refractivity contribution in [3.05, 3.63) is 29.3 Å². The van der Waals surface area contributed by atoms with Gasteiger partial charge >= 0.3 is 0 Å². The molecular weight excluding hydrogens is 264 g/mol. The van der Waals surface area contributed by atoms with E-state index in [0.29, 0.717) is 13.0 Å². The zero-order valence-electron chi connectivity index (χ0n) is 13.5. The van der Waals surface area contributed by atoms with Crippen molar-refractivity contribution < 1.29 is 9.84 Å². The second-order valence-electron chi connectivity index (χ2n) is 6.14. The van der Waals surface area contributed by atoms with E-state index in [2.05, 4.69) is 42.8 Å². The quantitative estimate of drug-likeness (QED) is 0.865. The van der Waals surface area contributed by atoms with Crippen LogP contribution in [0.1, 0.15) is 17.5 Å². The van der Waals surface area contributed by atoms with Crippen molar-refractivity contribution in [3.63, 3.8) is 0 Å². The van der Waals surface area contributed by atoms with Crippen LogP contribution in [0.3, 0.4) is 0 Å². The van der Waals surface area contributed by atoms with Gasteiger partial charge in [0.25, 0.3) is 0 Å². The third-order valence-electron chi connectivity index (χ3n) is 4.26. The standard InChI is InChI=1S/C17H28N2O2/c1-14-4-5-17(12-15(14)2)21-11-6-16(20)13-19-9-7-18(3)8-10-19/h4-5,12,16,20H,6-11,13H2,1-3H3/t16-/m0/s1. The molecule has 2 rings (SSSR count). The lowest BCUT2D eigenvalue weighted by Gasteiger charge is -2.33. The number of aliphatic hydroxyl groups is 1. The van der Waals surface area contributed by atoms with Gasteiger partial charge in [-0.05, 0) is 44.2 Å². The van der Waals surface area contributed by atoms with Crippen LogP contribution in [-0.2, 0) is 0 Å². The lowest BCUT2D eigenvalue weighted by atomic mass is 10.1. The molecule has 1 aromatic carbocycles. The van der Waals surface area contributed by atoms with E-state index in [1.165, 1.54) is 11.1 Å². The highest BCUT2D eigenvalue weighted by molar-refractivity contribution is 5.33. The molecule has 0 saturated carbocycles. The molecule has 0 amide bonds. The van der Waals surface area contributed by atoms with Crippen LogP contribution in [0, 0.1) is 13.8 Å². The topological polar surface area (TPSA) is 35.9 Å². The van der Waals surface area contributed by atoms with E-state index in [4.69, 9.17) is 4.74 Å². The molecule has 1 saturated heterocycles. The normalized spacial score (nSPS) is 18.7. The summed E-state index contributed by atoms with van der Waals surface area (Å²) in [5.74, 6) is 0.893. The molecule has 0 aromatic heterocycles. The number of nitrogens with zero attached hydrogens (tertiary/aromatic N) is 2. The third kappa shape index (κ3) is 5.30. The Morgan fingerprint density at radius 3 is 2.52 bits per heavy atom. The van der Waals surface area contributed by atoms with Gasteiger partial charge in [-0.1, -0.05) is 6.07 Å². The second-order valence-corrected chi connectivity index (χ2v) is 6.14. The summed E-state index contributed by atoms with van der Waals surface area (Å²) in [6.45, 7) is 9.78. The van der Waals surface area contributed by atoms with E-state index < -0.39 is 0 Å². The Bertz CT molecular complexity index is 442. The largest absolute Gasteiger partial charge is 0.493 e. The van der Waals surface area contributed by atoms with Crippen LogP contribution >= 0.6 is 0 Å². The van der Waals surface area contributed by atoms with Crippen LogP contribution in [0.15, 0.2) is 18.2 Å². The molecule has 0 unspecified atom stereocenters. The maximum atomic E-state index is 10.1. The number of benzene rings is 1. The first kappa shape index (κ1) is 16.3. The number of likely N-dealkylation sites (N-methyl/N-ethyl adjacent to an activating group) is 1. The summed E-state index contributed by atoms with van der Waals surface area (Å²) in [5, 5.41) is 10.1. The van der Waals surface area contributed by atoms with Crippen molar-refractivity contribution in [1.29, 1.82) is 0 Å². The molecule has 1 fully saturated rings. The first-order valence-corrected chi connectivity index (χ1v) is 7.83. The Morgan fingerprint density at radius 2 is 1.86 bits per heavy atom. The van der Waals surface area contributed by atoms with Gasteiger partial charge in [0.1, 0.15) is 5.75 Å². The lowest BCUT2D eigenvalue weighted by molar-refractivity contribution is 0.0672. The van der Waals surface area contributed by atoms with Gasteiger partial charge in [-0.15, -0.1) is 0 Å². The molecule has 1 heterocycles. The van der Waals surface area contributed by atoms with Gasteiger partial charge in [-0.25, -0.2) is 0 Å². The SMILES string of the molecule is Cc1ccc(OCC[C@H](O)CN2CCN(C)CC2)cc1C. The predicted molar refractivity (Wildman–Crippen MR) is 86.0 cm³/mol. The van der Waals surface area contributed by atoms with E-state index >= 15 is 0 Å². The molecule has 1 aliphatic heterocycles. The average molecular weight is 292 g/mol. The lowest BCUT2D eigenvalue weighted by Crippen LogP contribution is -2.47. The Hall–Kier alpha value is -1.10. The minimum absolute atomic E-state index is 0.306. The van der Waals surface area contributed by atoms with Crippen LogP contribution < -0.4 is 4.74 Å². The maximum absolute atomic E-state index is 10.1. The molecular formula is C17H28N2O2. The van der Waals surface area contributed by atoms with Gasteiger partial charge < -0.3 is 14.7 Å². The Kier molecular flexibility index (Phi) is 6.03. The summed E-state index contributed by atoms with van der Waals surface area (Å²) in [4.78, 5) is 4.66. The molecule has 21 heavy (non-hydrogen) atoms. The number of aliphatic hydroxyl groups excluding tert-OH is 1. The number of hydrogen-bond donors (Lipinski definition) is 1. The first-order valence-electron chi connectivity index (χ1n) is 7.83. The van der Waals surface area contributed by atoms with E-state index in [-0.39, 0.29) is 6.10 Å².